The average Bonchev–Trinajstić information content (AvgIpc) is 2.94. The molecule has 1 aliphatic heterocycles. The number of aryl methyl sites for hydroxylation is 1. The van der Waals surface area contributed by atoms with E-state index in [1.165, 1.54) is 0 Å². The number of hydrogen-bond acceptors (Lipinski definition) is 2. The standard InChI is InChI=1S/C18H18N2O2/c1-13-7-2-3-8-14(13)18(22)19-15-9-4-5-10-16(15)20-12-6-11-17(20)21/h2-5,7-10H,6,11-12H2,1H3,(H,19,22). The van der Waals surface area contributed by atoms with Crippen molar-refractivity contribution in [2.75, 3.05) is 16.8 Å². The van der Waals surface area contributed by atoms with Crippen LogP contribution in [0.5, 0.6) is 0 Å². The number of anilines is 2. The third-order valence-corrected chi connectivity index (χ3v) is 3.91. The molecule has 0 spiro atoms. The largest absolute Gasteiger partial charge is 0.320 e. The highest BCUT2D eigenvalue weighted by atomic mass is 16.2. The molecule has 0 atom stereocenters. The minimum absolute atomic E-state index is 0.109. The fraction of sp³-hybridized carbons (Fsp3) is 0.222. The number of benzene rings is 2. The minimum Gasteiger partial charge on any atom is -0.320 e. The van der Waals surface area contributed by atoms with Crippen molar-refractivity contribution in [3.8, 4) is 0 Å². The second kappa shape index (κ2) is 6.02. The lowest BCUT2D eigenvalue weighted by molar-refractivity contribution is -0.117. The Morgan fingerprint density at radius 3 is 2.55 bits per heavy atom. The summed E-state index contributed by atoms with van der Waals surface area (Å²) in [5.41, 5.74) is 3.01. The van der Waals surface area contributed by atoms with Gasteiger partial charge in [0.1, 0.15) is 0 Å². The number of nitrogens with one attached hydrogen (secondary N) is 1. The third kappa shape index (κ3) is 2.72. The van der Waals surface area contributed by atoms with Crippen LogP contribution in [0.15, 0.2) is 48.5 Å². The number of para-hydroxylation sites is 2. The van der Waals surface area contributed by atoms with Crippen LogP contribution in [0.25, 0.3) is 0 Å². The maximum atomic E-state index is 12.5. The van der Waals surface area contributed by atoms with Gasteiger partial charge in [-0.05, 0) is 37.1 Å². The number of carbonyl (C=O) groups excluding carboxylic acids is 2. The van der Waals surface area contributed by atoms with Crippen LogP contribution in [0.2, 0.25) is 0 Å². The lowest BCUT2D eigenvalue weighted by Crippen LogP contribution is -2.25. The van der Waals surface area contributed by atoms with E-state index in [0.717, 1.165) is 17.7 Å². The van der Waals surface area contributed by atoms with Crippen LogP contribution in [-0.4, -0.2) is 18.4 Å². The van der Waals surface area contributed by atoms with Gasteiger partial charge in [0, 0.05) is 18.5 Å². The summed E-state index contributed by atoms with van der Waals surface area (Å²) in [6, 6.07) is 14.9. The zero-order valence-corrected chi connectivity index (χ0v) is 12.5. The van der Waals surface area contributed by atoms with Crippen LogP contribution in [0.1, 0.15) is 28.8 Å². The molecule has 4 heteroatoms. The molecule has 1 N–H and O–H groups in total. The zero-order valence-electron chi connectivity index (χ0n) is 12.5. The molecule has 22 heavy (non-hydrogen) atoms. The fourth-order valence-corrected chi connectivity index (χ4v) is 2.73. The van der Waals surface area contributed by atoms with Gasteiger partial charge in [-0.15, -0.1) is 0 Å². The smallest absolute Gasteiger partial charge is 0.255 e. The number of nitrogens with zero attached hydrogens (tertiary/aromatic N) is 1. The first-order valence-corrected chi connectivity index (χ1v) is 7.43. The summed E-state index contributed by atoms with van der Waals surface area (Å²) < 4.78 is 0. The Labute approximate surface area is 129 Å². The normalized spacial score (nSPS) is 14.2. The van der Waals surface area contributed by atoms with Crippen molar-refractivity contribution in [3.63, 3.8) is 0 Å². The van der Waals surface area contributed by atoms with E-state index in [-0.39, 0.29) is 11.8 Å². The van der Waals surface area contributed by atoms with Gasteiger partial charge in [0.25, 0.3) is 5.91 Å². The molecule has 0 radical (unpaired) electrons. The summed E-state index contributed by atoms with van der Waals surface area (Å²) in [4.78, 5) is 26.2. The van der Waals surface area contributed by atoms with Crippen molar-refractivity contribution in [1.82, 2.24) is 0 Å². The summed E-state index contributed by atoms with van der Waals surface area (Å²) in [7, 11) is 0. The lowest BCUT2D eigenvalue weighted by Gasteiger charge is -2.20. The molecule has 4 nitrogen and oxygen atoms in total. The molecule has 0 saturated carbocycles. The first-order chi connectivity index (χ1) is 10.7. The summed E-state index contributed by atoms with van der Waals surface area (Å²) in [6.07, 6.45) is 1.43. The van der Waals surface area contributed by atoms with Crippen molar-refractivity contribution < 1.29 is 9.59 Å². The van der Waals surface area contributed by atoms with E-state index < -0.39 is 0 Å². The molecular weight excluding hydrogens is 276 g/mol. The van der Waals surface area contributed by atoms with E-state index in [1.807, 2.05) is 49.4 Å². The predicted octanol–water partition coefficient (Wildman–Crippen LogP) is 3.37. The Morgan fingerprint density at radius 2 is 1.82 bits per heavy atom. The van der Waals surface area contributed by atoms with Gasteiger partial charge in [-0.2, -0.15) is 0 Å². The van der Waals surface area contributed by atoms with Crippen LogP contribution in [0, 0.1) is 6.92 Å². The van der Waals surface area contributed by atoms with Crippen molar-refractivity contribution in [2.45, 2.75) is 19.8 Å². The first-order valence-electron chi connectivity index (χ1n) is 7.43. The van der Waals surface area contributed by atoms with Crippen molar-refractivity contribution in [1.29, 1.82) is 0 Å². The molecule has 1 fully saturated rings. The summed E-state index contributed by atoms with van der Waals surface area (Å²) in [5.74, 6) is -0.0465. The van der Waals surface area contributed by atoms with Crippen LogP contribution in [-0.2, 0) is 4.79 Å². The van der Waals surface area contributed by atoms with E-state index in [2.05, 4.69) is 5.32 Å². The molecule has 1 saturated heterocycles. The average molecular weight is 294 g/mol. The summed E-state index contributed by atoms with van der Waals surface area (Å²) >= 11 is 0. The molecule has 3 rings (SSSR count). The quantitative estimate of drug-likeness (QED) is 0.943. The maximum Gasteiger partial charge on any atom is 0.255 e. The first kappa shape index (κ1) is 14.3. The van der Waals surface area contributed by atoms with E-state index in [4.69, 9.17) is 0 Å². The van der Waals surface area contributed by atoms with Gasteiger partial charge in [-0.25, -0.2) is 0 Å². The van der Waals surface area contributed by atoms with Gasteiger partial charge in [-0.1, -0.05) is 30.3 Å². The second-order valence-electron chi connectivity index (χ2n) is 5.44. The minimum atomic E-state index is -0.155. The van der Waals surface area contributed by atoms with E-state index in [1.54, 1.807) is 11.0 Å². The molecule has 0 aliphatic carbocycles. The number of carbonyl (C=O) groups is 2. The van der Waals surface area contributed by atoms with E-state index >= 15 is 0 Å². The molecule has 0 bridgehead atoms. The predicted molar refractivity (Wildman–Crippen MR) is 87.2 cm³/mol. The Bertz CT molecular complexity index is 725. The third-order valence-electron chi connectivity index (χ3n) is 3.91. The number of amides is 2. The Hall–Kier alpha value is -2.62. The maximum absolute atomic E-state index is 12.5. The van der Waals surface area contributed by atoms with E-state index in [0.29, 0.717) is 24.2 Å². The Kier molecular flexibility index (Phi) is 3.92. The highest BCUT2D eigenvalue weighted by molar-refractivity contribution is 6.08. The molecule has 2 aromatic carbocycles. The highest BCUT2D eigenvalue weighted by Gasteiger charge is 2.24. The molecule has 0 unspecified atom stereocenters. The molecule has 2 aromatic rings. The molecule has 112 valence electrons. The van der Waals surface area contributed by atoms with Gasteiger partial charge in [0.05, 0.1) is 11.4 Å². The fourth-order valence-electron chi connectivity index (χ4n) is 2.73. The number of hydrogen-bond donors (Lipinski definition) is 1. The van der Waals surface area contributed by atoms with Gasteiger partial charge >= 0.3 is 0 Å². The van der Waals surface area contributed by atoms with Crippen LogP contribution < -0.4 is 10.2 Å². The molecule has 2 amide bonds. The Balaban J connectivity index is 1.88. The van der Waals surface area contributed by atoms with Crippen molar-refractivity contribution in [3.05, 3.63) is 59.7 Å². The van der Waals surface area contributed by atoms with Gasteiger partial charge in [-0.3, -0.25) is 9.59 Å². The van der Waals surface area contributed by atoms with E-state index in [9.17, 15) is 9.59 Å². The topological polar surface area (TPSA) is 49.4 Å². The SMILES string of the molecule is Cc1ccccc1C(=O)Nc1ccccc1N1CCCC1=O. The summed E-state index contributed by atoms with van der Waals surface area (Å²) in [5, 5.41) is 2.93. The van der Waals surface area contributed by atoms with Gasteiger partial charge in [0.15, 0.2) is 0 Å². The lowest BCUT2D eigenvalue weighted by atomic mass is 10.1. The molecular formula is C18H18N2O2. The molecule has 0 aromatic heterocycles. The highest BCUT2D eigenvalue weighted by Crippen LogP contribution is 2.29. The van der Waals surface area contributed by atoms with Crippen LogP contribution >= 0.6 is 0 Å². The monoisotopic (exact) mass is 294 g/mol. The van der Waals surface area contributed by atoms with Gasteiger partial charge < -0.3 is 10.2 Å². The molecule has 1 heterocycles. The summed E-state index contributed by atoms with van der Waals surface area (Å²) in [6.45, 7) is 2.61. The Morgan fingerprint density at radius 1 is 1.09 bits per heavy atom. The van der Waals surface area contributed by atoms with Crippen LogP contribution in [0.3, 0.4) is 0 Å². The van der Waals surface area contributed by atoms with Crippen molar-refractivity contribution in [2.24, 2.45) is 0 Å². The zero-order chi connectivity index (χ0) is 15.5. The number of rotatable bonds is 3. The van der Waals surface area contributed by atoms with Crippen molar-refractivity contribution >= 4 is 23.2 Å². The van der Waals surface area contributed by atoms with Gasteiger partial charge in [0.2, 0.25) is 5.91 Å². The molecule has 1 aliphatic rings. The van der Waals surface area contributed by atoms with Crippen LogP contribution in [0.4, 0.5) is 11.4 Å². The second-order valence-corrected chi connectivity index (χ2v) is 5.44.